The molecule has 0 saturated heterocycles. The number of hydrogen-bond donors (Lipinski definition) is 1. The van der Waals surface area contributed by atoms with E-state index < -0.39 is 0 Å². The van der Waals surface area contributed by atoms with Crippen molar-refractivity contribution in [2.75, 3.05) is 20.5 Å². The predicted molar refractivity (Wildman–Crippen MR) is 82.9 cm³/mol. The highest BCUT2D eigenvalue weighted by molar-refractivity contribution is 5.77. The molecule has 0 radical (unpaired) electrons. The summed E-state index contributed by atoms with van der Waals surface area (Å²) in [4.78, 5) is 11.8. The maximum absolute atomic E-state index is 11.8. The summed E-state index contributed by atoms with van der Waals surface area (Å²) in [5.41, 5.74) is 0.988. The molecule has 2 aromatic carbocycles. The summed E-state index contributed by atoms with van der Waals surface area (Å²) in [6.07, 6.45) is 0. The maximum atomic E-state index is 11.8. The SMILES string of the molecule is COc1ccc(CNC(=O)COc2ccc3c(c2)OCO3)cc1. The van der Waals surface area contributed by atoms with Crippen LogP contribution in [0, 0.1) is 0 Å². The molecule has 0 saturated carbocycles. The van der Waals surface area contributed by atoms with E-state index in [1.165, 1.54) is 0 Å². The van der Waals surface area contributed by atoms with Gasteiger partial charge in [-0.05, 0) is 29.8 Å². The lowest BCUT2D eigenvalue weighted by Gasteiger charge is -2.08. The fraction of sp³-hybridized carbons (Fsp3) is 0.235. The van der Waals surface area contributed by atoms with Crippen molar-refractivity contribution in [2.24, 2.45) is 0 Å². The van der Waals surface area contributed by atoms with Gasteiger partial charge in [-0.2, -0.15) is 0 Å². The number of ether oxygens (including phenoxy) is 4. The van der Waals surface area contributed by atoms with Gasteiger partial charge in [0, 0.05) is 12.6 Å². The van der Waals surface area contributed by atoms with Crippen LogP contribution in [0.2, 0.25) is 0 Å². The van der Waals surface area contributed by atoms with Gasteiger partial charge in [-0.3, -0.25) is 4.79 Å². The van der Waals surface area contributed by atoms with Gasteiger partial charge in [-0.25, -0.2) is 0 Å². The van der Waals surface area contributed by atoms with Crippen molar-refractivity contribution in [1.82, 2.24) is 5.32 Å². The molecule has 120 valence electrons. The number of hydrogen-bond acceptors (Lipinski definition) is 5. The predicted octanol–water partition coefficient (Wildman–Crippen LogP) is 2.12. The van der Waals surface area contributed by atoms with E-state index in [0.717, 1.165) is 11.3 Å². The van der Waals surface area contributed by atoms with Crippen LogP contribution < -0.4 is 24.3 Å². The van der Waals surface area contributed by atoms with Crippen LogP contribution in [0.15, 0.2) is 42.5 Å². The topological polar surface area (TPSA) is 66.0 Å². The van der Waals surface area contributed by atoms with Gasteiger partial charge < -0.3 is 24.3 Å². The summed E-state index contributed by atoms with van der Waals surface area (Å²) >= 11 is 0. The Morgan fingerprint density at radius 3 is 2.61 bits per heavy atom. The van der Waals surface area contributed by atoms with Crippen LogP contribution in [0.3, 0.4) is 0 Å². The number of nitrogens with one attached hydrogen (secondary N) is 1. The summed E-state index contributed by atoms with van der Waals surface area (Å²) in [5.74, 6) is 2.46. The number of carbonyl (C=O) groups is 1. The third kappa shape index (κ3) is 3.85. The Morgan fingerprint density at radius 2 is 1.83 bits per heavy atom. The molecule has 0 spiro atoms. The van der Waals surface area contributed by atoms with Crippen LogP contribution >= 0.6 is 0 Å². The van der Waals surface area contributed by atoms with Crippen molar-refractivity contribution in [3.8, 4) is 23.0 Å². The highest BCUT2D eigenvalue weighted by Crippen LogP contribution is 2.34. The molecule has 0 unspecified atom stereocenters. The van der Waals surface area contributed by atoms with Gasteiger partial charge >= 0.3 is 0 Å². The number of amides is 1. The smallest absolute Gasteiger partial charge is 0.258 e. The second kappa shape index (κ2) is 6.91. The van der Waals surface area contributed by atoms with Gasteiger partial charge in [0.25, 0.3) is 5.91 Å². The molecule has 2 aromatic rings. The summed E-state index contributed by atoms with van der Waals surface area (Å²) in [6.45, 7) is 0.588. The Bertz CT molecular complexity index is 684. The van der Waals surface area contributed by atoms with E-state index in [-0.39, 0.29) is 19.3 Å². The number of carbonyl (C=O) groups excluding carboxylic acids is 1. The fourth-order valence-corrected chi connectivity index (χ4v) is 2.11. The molecule has 0 fully saturated rings. The minimum atomic E-state index is -0.196. The van der Waals surface area contributed by atoms with Gasteiger partial charge in [-0.1, -0.05) is 12.1 Å². The van der Waals surface area contributed by atoms with Gasteiger partial charge in [0.15, 0.2) is 18.1 Å². The monoisotopic (exact) mass is 315 g/mol. The molecule has 0 aliphatic carbocycles. The third-order valence-corrected chi connectivity index (χ3v) is 3.36. The number of benzene rings is 2. The Balaban J connectivity index is 1.45. The van der Waals surface area contributed by atoms with E-state index in [1.54, 1.807) is 25.3 Å². The first-order valence-electron chi connectivity index (χ1n) is 7.16. The molecular weight excluding hydrogens is 298 g/mol. The first-order valence-corrected chi connectivity index (χ1v) is 7.16. The summed E-state index contributed by atoms with van der Waals surface area (Å²) < 4.78 is 21.0. The molecule has 1 N–H and O–H groups in total. The fourth-order valence-electron chi connectivity index (χ4n) is 2.11. The van der Waals surface area contributed by atoms with Gasteiger partial charge in [0.2, 0.25) is 6.79 Å². The molecule has 3 rings (SSSR count). The molecule has 23 heavy (non-hydrogen) atoms. The maximum Gasteiger partial charge on any atom is 0.258 e. The van der Waals surface area contributed by atoms with E-state index in [9.17, 15) is 4.79 Å². The summed E-state index contributed by atoms with van der Waals surface area (Å²) in [5, 5.41) is 2.80. The molecule has 1 aliphatic rings. The van der Waals surface area contributed by atoms with Gasteiger partial charge in [0.1, 0.15) is 11.5 Å². The first kappa shape index (κ1) is 15.0. The van der Waals surface area contributed by atoms with Crippen molar-refractivity contribution < 1.29 is 23.7 Å². The lowest BCUT2D eigenvalue weighted by atomic mass is 10.2. The second-order valence-corrected chi connectivity index (χ2v) is 4.93. The lowest BCUT2D eigenvalue weighted by molar-refractivity contribution is -0.123. The average molecular weight is 315 g/mol. The standard InChI is InChI=1S/C17H17NO5/c1-20-13-4-2-12(3-5-13)9-18-17(19)10-21-14-6-7-15-16(8-14)23-11-22-15/h2-8H,9-11H2,1H3,(H,18,19). The van der Waals surface area contributed by atoms with Crippen LogP contribution in [0.25, 0.3) is 0 Å². The Labute approximate surface area is 133 Å². The van der Waals surface area contributed by atoms with E-state index in [2.05, 4.69) is 5.32 Å². The molecule has 6 nitrogen and oxygen atoms in total. The molecule has 0 bridgehead atoms. The molecule has 1 aliphatic heterocycles. The lowest BCUT2D eigenvalue weighted by Crippen LogP contribution is -2.28. The van der Waals surface area contributed by atoms with Crippen molar-refractivity contribution in [3.05, 3.63) is 48.0 Å². The molecule has 1 heterocycles. The van der Waals surface area contributed by atoms with Crippen molar-refractivity contribution >= 4 is 5.91 Å². The Kier molecular flexibility index (Phi) is 4.52. The zero-order valence-electron chi connectivity index (χ0n) is 12.7. The highest BCUT2D eigenvalue weighted by atomic mass is 16.7. The normalized spacial score (nSPS) is 11.9. The zero-order chi connectivity index (χ0) is 16.1. The Morgan fingerprint density at radius 1 is 1.09 bits per heavy atom. The number of fused-ring (bicyclic) bond motifs is 1. The first-order chi connectivity index (χ1) is 11.2. The number of methoxy groups -OCH3 is 1. The van der Waals surface area contributed by atoms with Crippen molar-refractivity contribution in [2.45, 2.75) is 6.54 Å². The van der Waals surface area contributed by atoms with Crippen LogP contribution in [-0.4, -0.2) is 26.4 Å². The van der Waals surface area contributed by atoms with Crippen LogP contribution in [0.1, 0.15) is 5.56 Å². The van der Waals surface area contributed by atoms with Gasteiger partial charge in [-0.15, -0.1) is 0 Å². The van der Waals surface area contributed by atoms with Gasteiger partial charge in [0.05, 0.1) is 7.11 Å². The largest absolute Gasteiger partial charge is 0.497 e. The Hall–Kier alpha value is -2.89. The highest BCUT2D eigenvalue weighted by Gasteiger charge is 2.14. The van der Waals surface area contributed by atoms with E-state index in [4.69, 9.17) is 18.9 Å². The molecule has 6 heteroatoms. The third-order valence-electron chi connectivity index (χ3n) is 3.36. The minimum Gasteiger partial charge on any atom is -0.497 e. The summed E-state index contributed by atoms with van der Waals surface area (Å²) in [7, 11) is 1.62. The summed E-state index contributed by atoms with van der Waals surface area (Å²) in [6, 6.07) is 12.7. The van der Waals surface area contributed by atoms with E-state index in [0.29, 0.717) is 23.8 Å². The molecule has 1 amide bonds. The zero-order valence-corrected chi connectivity index (χ0v) is 12.7. The van der Waals surface area contributed by atoms with E-state index >= 15 is 0 Å². The quantitative estimate of drug-likeness (QED) is 0.884. The van der Waals surface area contributed by atoms with Crippen LogP contribution in [0.4, 0.5) is 0 Å². The number of rotatable bonds is 6. The molecule has 0 atom stereocenters. The van der Waals surface area contributed by atoms with Crippen molar-refractivity contribution in [3.63, 3.8) is 0 Å². The van der Waals surface area contributed by atoms with Crippen molar-refractivity contribution in [1.29, 1.82) is 0 Å². The molecule has 0 aromatic heterocycles. The average Bonchev–Trinajstić information content (AvgIpc) is 3.06. The van der Waals surface area contributed by atoms with E-state index in [1.807, 2.05) is 24.3 Å². The molecular formula is C17H17NO5. The van der Waals surface area contributed by atoms with Crippen LogP contribution in [0.5, 0.6) is 23.0 Å². The minimum absolute atomic E-state index is 0.0597. The van der Waals surface area contributed by atoms with Crippen LogP contribution in [-0.2, 0) is 11.3 Å². The second-order valence-electron chi connectivity index (χ2n) is 4.93.